The second-order valence-corrected chi connectivity index (χ2v) is 7.92. The highest BCUT2D eigenvalue weighted by Crippen LogP contribution is 2.27. The Bertz CT molecular complexity index is 649. The van der Waals surface area contributed by atoms with Crippen LogP contribution < -0.4 is 10.1 Å². The summed E-state index contributed by atoms with van der Waals surface area (Å²) in [5, 5.41) is 4.27. The largest absolute Gasteiger partial charge is 0.488 e. The van der Waals surface area contributed by atoms with Crippen LogP contribution in [0.25, 0.3) is 0 Å². The molecule has 0 atom stereocenters. The molecule has 0 aliphatic heterocycles. The fraction of sp³-hybridized carbons (Fsp3) is 0.455. The van der Waals surface area contributed by atoms with E-state index < -0.39 is 0 Å². The molecule has 0 radical (unpaired) electrons. The average molecular weight is 475 g/mol. The van der Waals surface area contributed by atoms with Gasteiger partial charge < -0.3 is 10.1 Å². The zero-order valence-electron chi connectivity index (χ0n) is 16.0. The van der Waals surface area contributed by atoms with Gasteiger partial charge in [-0.2, -0.15) is 0 Å². The third kappa shape index (κ3) is 9.84. The maximum Gasteiger partial charge on any atom is 0.134 e. The van der Waals surface area contributed by atoms with Crippen LogP contribution in [0.3, 0.4) is 0 Å². The van der Waals surface area contributed by atoms with E-state index in [1.807, 2.05) is 30.3 Å². The summed E-state index contributed by atoms with van der Waals surface area (Å²) in [5.41, 5.74) is 2.37. The van der Waals surface area contributed by atoms with Crippen LogP contribution in [-0.4, -0.2) is 6.54 Å². The van der Waals surface area contributed by atoms with Crippen LogP contribution >= 0.6 is 39.9 Å². The van der Waals surface area contributed by atoms with E-state index in [4.69, 9.17) is 16.3 Å². The predicted octanol–water partition coefficient (Wildman–Crippen LogP) is 7.55. The molecule has 0 fully saturated rings. The summed E-state index contributed by atoms with van der Waals surface area (Å²) in [4.78, 5) is 0. The number of unbranched alkanes of at least 4 members (excludes halogenated alkanes) is 5. The smallest absolute Gasteiger partial charge is 0.134 e. The molecule has 0 saturated heterocycles. The Morgan fingerprint density at radius 3 is 2.30 bits per heavy atom. The summed E-state index contributed by atoms with van der Waals surface area (Å²) < 4.78 is 6.89. The SMILES string of the molecule is CCCCCCCCNCc1ccc(OCc2ccc(Cl)cc2)c(Br)c1.Cl. The molecule has 0 heterocycles. The molecule has 0 aliphatic rings. The number of hydrogen-bond donors (Lipinski definition) is 1. The van der Waals surface area contributed by atoms with Crippen molar-refractivity contribution in [3.05, 3.63) is 63.1 Å². The Labute approximate surface area is 183 Å². The first-order valence-electron chi connectivity index (χ1n) is 9.55. The maximum atomic E-state index is 5.91. The predicted molar refractivity (Wildman–Crippen MR) is 122 cm³/mol. The number of hydrogen-bond acceptors (Lipinski definition) is 2. The molecule has 0 bridgehead atoms. The molecular weight excluding hydrogens is 445 g/mol. The Kier molecular flexibility index (Phi) is 12.9. The van der Waals surface area contributed by atoms with Gasteiger partial charge in [-0.1, -0.05) is 68.8 Å². The topological polar surface area (TPSA) is 21.3 Å². The first kappa shape index (κ1) is 24.3. The lowest BCUT2D eigenvalue weighted by Crippen LogP contribution is -2.14. The first-order chi connectivity index (χ1) is 12.7. The molecule has 0 amide bonds. The minimum atomic E-state index is 0. The highest BCUT2D eigenvalue weighted by Gasteiger charge is 2.04. The highest BCUT2D eigenvalue weighted by molar-refractivity contribution is 9.10. The summed E-state index contributed by atoms with van der Waals surface area (Å²) in [6, 6.07) is 14.0. The van der Waals surface area contributed by atoms with Crippen LogP contribution in [0.1, 0.15) is 56.6 Å². The van der Waals surface area contributed by atoms with Crippen molar-refractivity contribution >= 4 is 39.9 Å². The molecule has 27 heavy (non-hydrogen) atoms. The fourth-order valence-corrected chi connectivity index (χ4v) is 3.44. The second-order valence-electron chi connectivity index (χ2n) is 6.62. The number of halogens is 3. The van der Waals surface area contributed by atoms with Crippen molar-refractivity contribution in [1.29, 1.82) is 0 Å². The van der Waals surface area contributed by atoms with Crippen LogP contribution in [0.5, 0.6) is 5.75 Å². The van der Waals surface area contributed by atoms with E-state index in [2.05, 4.69) is 40.3 Å². The van der Waals surface area contributed by atoms with E-state index in [0.717, 1.165) is 33.9 Å². The normalized spacial score (nSPS) is 10.5. The highest BCUT2D eigenvalue weighted by atomic mass is 79.9. The maximum absolute atomic E-state index is 5.91. The number of rotatable bonds is 12. The van der Waals surface area contributed by atoms with Crippen LogP contribution in [-0.2, 0) is 13.2 Å². The van der Waals surface area contributed by atoms with Crippen molar-refractivity contribution in [2.45, 2.75) is 58.6 Å². The summed E-state index contributed by atoms with van der Waals surface area (Å²) in [7, 11) is 0. The molecule has 2 nitrogen and oxygen atoms in total. The minimum absolute atomic E-state index is 0. The molecule has 0 aromatic heterocycles. The second kappa shape index (κ2) is 14.3. The number of nitrogens with one attached hydrogen (secondary N) is 1. The third-order valence-corrected chi connectivity index (χ3v) is 5.21. The van der Waals surface area contributed by atoms with Gasteiger partial charge in [-0.15, -0.1) is 12.4 Å². The molecular formula is C22H30BrCl2NO. The van der Waals surface area contributed by atoms with Gasteiger partial charge in [-0.3, -0.25) is 0 Å². The summed E-state index contributed by atoms with van der Waals surface area (Å²) >= 11 is 9.52. The lowest BCUT2D eigenvalue weighted by atomic mass is 10.1. The van der Waals surface area contributed by atoms with Gasteiger partial charge in [0.15, 0.2) is 0 Å². The molecule has 5 heteroatoms. The van der Waals surface area contributed by atoms with Crippen molar-refractivity contribution in [1.82, 2.24) is 5.32 Å². The first-order valence-corrected chi connectivity index (χ1v) is 10.7. The lowest BCUT2D eigenvalue weighted by molar-refractivity contribution is 0.304. The third-order valence-electron chi connectivity index (χ3n) is 4.34. The van der Waals surface area contributed by atoms with Gasteiger partial charge in [0, 0.05) is 11.6 Å². The van der Waals surface area contributed by atoms with Crippen LogP contribution in [0, 0.1) is 0 Å². The Morgan fingerprint density at radius 1 is 0.926 bits per heavy atom. The minimum Gasteiger partial charge on any atom is -0.488 e. The van der Waals surface area contributed by atoms with Crippen molar-refractivity contribution in [2.24, 2.45) is 0 Å². The molecule has 1 N–H and O–H groups in total. The van der Waals surface area contributed by atoms with Gasteiger partial charge in [-0.25, -0.2) is 0 Å². The average Bonchev–Trinajstić information content (AvgIpc) is 2.64. The fourth-order valence-electron chi connectivity index (χ4n) is 2.78. The Morgan fingerprint density at radius 2 is 1.59 bits per heavy atom. The van der Waals surface area contributed by atoms with Crippen molar-refractivity contribution < 1.29 is 4.74 Å². The van der Waals surface area contributed by atoms with E-state index in [1.54, 1.807) is 0 Å². The van der Waals surface area contributed by atoms with Crippen molar-refractivity contribution in [3.63, 3.8) is 0 Å². The van der Waals surface area contributed by atoms with Gasteiger partial charge in [0.2, 0.25) is 0 Å². The van der Waals surface area contributed by atoms with Gasteiger partial charge in [0.25, 0.3) is 0 Å². The van der Waals surface area contributed by atoms with E-state index >= 15 is 0 Å². The van der Waals surface area contributed by atoms with Crippen LogP contribution in [0.15, 0.2) is 46.9 Å². The molecule has 2 rings (SSSR count). The molecule has 0 unspecified atom stereocenters. The standard InChI is InChI=1S/C22H29BrClNO.ClH/c1-2-3-4-5-6-7-14-25-16-19-10-13-22(21(23)15-19)26-17-18-8-11-20(24)12-9-18;/h8-13,15,25H,2-7,14,16-17H2,1H3;1H. The van der Waals surface area contributed by atoms with E-state index in [0.29, 0.717) is 6.61 Å². The summed E-state index contributed by atoms with van der Waals surface area (Å²) in [5.74, 6) is 0.861. The lowest BCUT2D eigenvalue weighted by Gasteiger charge is -2.11. The quantitative estimate of drug-likeness (QED) is 0.320. The monoisotopic (exact) mass is 473 g/mol. The Balaban J connectivity index is 0.00000364. The van der Waals surface area contributed by atoms with Crippen molar-refractivity contribution in [3.8, 4) is 5.75 Å². The van der Waals surface area contributed by atoms with Gasteiger partial charge in [0.05, 0.1) is 4.47 Å². The molecule has 0 saturated carbocycles. The molecule has 2 aromatic carbocycles. The van der Waals surface area contributed by atoms with Gasteiger partial charge in [-0.05, 0) is 64.3 Å². The molecule has 150 valence electrons. The summed E-state index contributed by atoms with van der Waals surface area (Å²) in [6.07, 6.45) is 8.00. The van der Waals surface area contributed by atoms with Crippen molar-refractivity contribution in [2.75, 3.05) is 6.54 Å². The zero-order valence-corrected chi connectivity index (χ0v) is 19.1. The van der Waals surface area contributed by atoms with Gasteiger partial charge >= 0.3 is 0 Å². The molecule has 2 aromatic rings. The summed E-state index contributed by atoms with van der Waals surface area (Å²) in [6.45, 7) is 4.77. The van der Waals surface area contributed by atoms with Crippen LogP contribution in [0.4, 0.5) is 0 Å². The molecule has 0 spiro atoms. The van der Waals surface area contributed by atoms with E-state index in [-0.39, 0.29) is 12.4 Å². The van der Waals surface area contributed by atoms with Gasteiger partial charge in [0.1, 0.15) is 12.4 Å². The Hall–Kier alpha value is -0.740. The van der Waals surface area contributed by atoms with E-state index in [1.165, 1.54) is 44.1 Å². The zero-order chi connectivity index (χ0) is 18.6. The molecule has 0 aliphatic carbocycles. The number of ether oxygens (including phenoxy) is 1. The van der Waals surface area contributed by atoms with E-state index in [9.17, 15) is 0 Å². The number of benzene rings is 2. The van der Waals surface area contributed by atoms with Crippen LogP contribution in [0.2, 0.25) is 5.02 Å².